The van der Waals surface area contributed by atoms with Crippen molar-refractivity contribution in [3.63, 3.8) is 0 Å². The van der Waals surface area contributed by atoms with Gasteiger partial charge in [0.1, 0.15) is 0 Å². The molecule has 3 aromatic rings. The third-order valence-corrected chi connectivity index (χ3v) is 5.10. The average molecular weight is 395 g/mol. The van der Waals surface area contributed by atoms with Crippen LogP contribution in [0, 0.1) is 6.92 Å². The standard InChI is InChI=1S/C20H25N7O2/c1-12-10-27(8-7-21-12)17-6-5-14(18-15(17)9-22-20(24-18)29-4)19(28)23-16-11-26(3)25-13(16)2/h5-6,9,11-12,21H,7-8,10H2,1-4H3,(H,23,28). The molecule has 0 spiro atoms. The van der Waals surface area contributed by atoms with Gasteiger partial charge in [-0.25, -0.2) is 4.98 Å². The van der Waals surface area contributed by atoms with Crippen LogP contribution < -0.4 is 20.3 Å². The number of carbonyl (C=O) groups is 1. The van der Waals surface area contributed by atoms with Crippen LogP contribution in [0.4, 0.5) is 11.4 Å². The van der Waals surface area contributed by atoms with Crippen LogP contribution in [0.3, 0.4) is 0 Å². The van der Waals surface area contributed by atoms with E-state index in [9.17, 15) is 4.79 Å². The van der Waals surface area contributed by atoms with Gasteiger partial charge in [0.25, 0.3) is 5.91 Å². The van der Waals surface area contributed by atoms with E-state index in [4.69, 9.17) is 4.74 Å². The highest BCUT2D eigenvalue weighted by Gasteiger charge is 2.22. The second-order valence-electron chi connectivity index (χ2n) is 7.31. The van der Waals surface area contributed by atoms with E-state index in [0.717, 1.165) is 36.4 Å². The predicted molar refractivity (Wildman–Crippen MR) is 112 cm³/mol. The number of nitrogens with zero attached hydrogens (tertiary/aromatic N) is 5. The van der Waals surface area contributed by atoms with Crippen molar-refractivity contribution >= 4 is 28.2 Å². The number of hydrogen-bond donors (Lipinski definition) is 2. The molecule has 1 saturated heterocycles. The summed E-state index contributed by atoms with van der Waals surface area (Å²) >= 11 is 0. The lowest BCUT2D eigenvalue weighted by molar-refractivity contribution is 0.102. The number of nitrogens with one attached hydrogen (secondary N) is 2. The topological polar surface area (TPSA) is 97.2 Å². The maximum atomic E-state index is 13.1. The van der Waals surface area contributed by atoms with Gasteiger partial charge in [-0.2, -0.15) is 10.1 Å². The largest absolute Gasteiger partial charge is 0.467 e. The Hall–Kier alpha value is -3.20. The van der Waals surface area contributed by atoms with Gasteiger partial charge < -0.3 is 20.3 Å². The van der Waals surface area contributed by atoms with E-state index in [1.807, 2.05) is 26.1 Å². The highest BCUT2D eigenvalue weighted by molar-refractivity contribution is 6.14. The van der Waals surface area contributed by atoms with E-state index in [1.165, 1.54) is 7.11 Å². The number of piperazine rings is 1. The summed E-state index contributed by atoms with van der Waals surface area (Å²) in [7, 11) is 3.33. The fourth-order valence-corrected chi connectivity index (χ4v) is 3.71. The molecule has 0 radical (unpaired) electrons. The fourth-order valence-electron chi connectivity index (χ4n) is 3.71. The first-order valence-corrected chi connectivity index (χ1v) is 9.60. The van der Waals surface area contributed by atoms with Crippen molar-refractivity contribution in [3.8, 4) is 6.01 Å². The smallest absolute Gasteiger partial charge is 0.316 e. The Labute approximate surface area is 169 Å². The van der Waals surface area contributed by atoms with Crippen LogP contribution in [0.25, 0.3) is 10.9 Å². The number of ether oxygens (including phenoxy) is 1. The van der Waals surface area contributed by atoms with Crippen LogP contribution in [0.5, 0.6) is 6.01 Å². The minimum absolute atomic E-state index is 0.231. The molecule has 1 amide bonds. The first-order valence-electron chi connectivity index (χ1n) is 9.60. The van der Waals surface area contributed by atoms with Gasteiger partial charge in [-0.3, -0.25) is 9.48 Å². The molecule has 29 heavy (non-hydrogen) atoms. The number of hydrogen-bond acceptors (Lipinski definition) is 7. The van der Waals surface area contributed by atoms with Gasteiger partial charge >= 0.3 is 6.01 Å². The number of methoxy groups -OCH3 is 1. The Morgan fingerprint density at radius 2 is 2.21 bits per heavy atom. The maximum Gasteiger partial charge on any atom is 0.316 e. The number of benzene rings is 1. The number of aromatic nitrogens is 4. The van der Waals surface area contributed by atoms with E-state index in [2.05, 4.69) is 37.5 Å². The molecule has 1 aromatic carbocycles. The van der Waals surface area contributed by atoms with Crippen LogP contribution in [-0.4, -0.2) is 58.4 Å². The lowest BCUT2D eigenvalue weighted by Gasteiger charge is -2.34. The van der Waals surface area contributed by atoms with Gasteiger partial charge in [-0.15, -0.1) is 0 Å². The van der Waals surface area contributed by atoms with Crippen LogP contribution >= 0.6 is 0 Å². The van der Waals surface area contributed by atoms with Crippen LogP contribution in [0.1, 0.15) is 23.0 Å². The van der Waals surface area contributed by atoms with Gasteiger partial charge in [0.2, 0.25) is 0 Å². The van der Waals surface area contributed by atoms with Crippen molar-refractivity contribution in [2.75, 3.05) is 37.0 Å². The molecule has 1 atom stereocenters. The first-order chi connectivity index (χ1) is 14.0. The first kappa shape index (κ1) is 19.1. The van der Waals surface area contributed by atoms with Gasteiger partial charge in [0.15, 0.2) is 0 Å². The van der Waals surface area contributed by atoms with Crippen molar-refractivity contribution in [2.24, 2.45) is 7.05 Å². The van der Waals surface area contributed by atoms with E-state index in [0.29, 0.717) is 22.8 Å². The molecule has 152 valence electrons. The number of anilines is 2. The summed E-state index contributed by atoms with van der Waals surface area (Å²) in [5, 5.41) is 11.5. The lowest BCUT2D eigenvalue weighted by atomic mass is 10.1. The van der Waals surface area contributed by atoms with E-state index < -0.39 is 0 Å². The molecular formula is C20H25N7O2. The molecule has 0 aliphatic carbocycles. The minimum Gasteiger partial charge on any atom is -0.467 e. The Bertz CT molecular complexity index is 1060. The minimum atomic E-state index is -0.243. The van der Waals surface area contributed by atoms with Crippen molar-refractivity contribution in [1.29, 1.82) is 0 Å². The maximum absolute atomic E-state index is 13.1. The monoisotopic (exact) mass is 395 g/mol. The Balaban J connectivity index is 1.77. The van der Waals surface area contributed by atoms with Crippen LogP contribution in [0.2, 0.25) is 0 Å². The third kappa shape index (κ3) is 3.73. The van der Waals surface area contributed by atoms with Gasteiger partial charge in [0, 0.05) is 56.2 Å². The Morgan fingerprint density at radius 1 is 1.38 bits per heavy atom. The predicted octanol–water partition coefficient (Wildman–Crippen LogP) is 1.73. The number of aryl methyl sites for hydroxylation is 2. The molecular weight excluding hydrogens is 370 g/mol. The zero-order chi connectivity index (χ0) is 20.5. The molecule has 2 aromatic heterocycles. The quantitative estimate of drug-likeness (QED) is 0.694. The molecule has 3 heterocycles. The molecule has 0 bridgehead atoms. The van der Waals surface area contributed by atoms with Crippen molar-refractivity contribution in [3.05, 3.63) is 35.8 Å². The Kier molecular flexibility index (Phi) is 5.06. The SMILES string of the molecule is COc1ncc2c(N3CCNC(C)C3)ccc(C(=O)Nc3cn(C)nc3C)c2n1. The number of fused-ring (bicyclic) bond motifs is 1. The molecule has 0 saturated carbocycles. The highest BCUT2D eigenvalue weighted by atomic mass is 16.5. The van der Waals surface area contributed by atoms with Gasteiger partial charge in [-0.05, 0) is 26.0 Å². The van der Waals surface area contributed by atoms with Crippen LogP contribution in [0.15, 0.2) is 24.5 Å². The molecule has 9 heteroatoms. The third-order valence-electron chi connectivity index (χ3n) is 5.10. The molecule has 2 N–H and O–H groups in total. The van der Waals surface area contributed by atoms with Crippen molar-refractivity contribution in [2.45, 2.75) is 19.9 Å². The zero-order valence-corrected chi connectivity index (χ0v) is 17.1. The normalized spacial score (nSPS) is 16.8. The summed E-state index contributed by atoms with van der Waals surface area (Å²) in [5.74, 6) is -0.243. The molecule has 1 aliphatic heterocycles. The lowest BCUT2D eigenvalue weighted by Crippen LogP contribution is -2.49. The number of amides is 1. The van der Waals surface area contributed by atoms with E-state index in [1.54, 1.807) is 17.1 Å². The summed E-state index contributed by atoms with van der Waals surface area (Å²) in [4.78, 5) is 24.1. The molecule has 9 nitrogen and oxygen atoms in total. The zero-order valence-electron chi connectivity index (χ0n) is 17.1. The molecule has 1 aliphatic rings. The Morgan fingerprint density at radius 3 is 2.90 bits per heavy atom. The average Bonchev–Trinajstić information content (AvgIpc) is 3.03. The van der Waals surface area contributed by atoms with Crippen molar-refractivity contribution < 1.29 is 9.53 Å². The number of rotatable bonds is 4. The van der Waals surface area contributed by atoms with E-state index >= 15 is 0 Å². The molecule has 4 rings (SSSR count). The highest BCUT2D eigenvalue weighted by Crippen LogP contribution is 2.30. The summed E-state index contributed by atoms with van der Waals surface area (Å²) in [6.45, 7) is 6.68. The summed E-state index contributed by atoms with van der Waals surface area (Å²) in [5.41, 5.74) is 3.48. The summed E-state index contributed by atoms with van der Waals surface area (Å²) in [6, 6.07) is 4.41. The summed E-state index contributed by atoms with van der Waals surface area (Å²) < 4.78 is 6.88. The molecule has 1 unspecified atom stereocenters. The fraction of sp³-hybridized carbons (Fsp3) is 0.400. The second kappa shape index (κ2) is 7.67. The molecule has 1 fully saturated rings. The van der Waals surface area contributed by atoms with E-state index in [-0.39, 0.29) is 11.9 Å². The summed E-state index contributed by atoms with van der Waals surface area (Å²) in [6.07, 6.45) is 3.51. The number of carbonyl (C=O) groups excluding carboxylic acids is 1. The second-order valence-corrected chi connectivity index (χ2v) is 7.31. The van der Waals surface area contributed by atoms with Crippen LogP contribution in [-0.2, 0) is 7.05 Å². The van der Waals surface area contributed by atoms with Gasteiger partial charge in [-0.1, -0.05) is 0 Å². The van der Waals surface area contributed by atoms with Gasteiger partial charge in [0.05, 0.1) is 29.6 Å². The van der Waals surface area contributed by atoms with Crippen molar-refractivity contribution in [1.82, 2.24) is 25.1 Å².